The zero-order chi connectivity index (χ0) is 28.5. The van der Waals surface area contributed by atoms with Crippen molar-refractivity contribution in [2.24, 2.45) is 0 Å². The average molecular weight is 600 g/mol. The molecule has 0 bridgehead atoms. The highest BCUT2D eigenvalue weighted by molar-refractivity contribution is 7.22. The number of piperazine rings is 1. The van der Waals surface area contributed by atoms with Gasteiger partial charge in [0.25, 0.3) is 0 Å². The fraction of sp³-hybridized carbons (Fsp3) is 0.207. The van der Waals surface area contributed by atoms with Crippen LogP contribution in [0.4, 0.5) is 16.5 Å². The molecule has 208 valence electrons. The fourth-order valence-corrected chi connectivity index (χ4v) is 5.52. The molecule has 2 N–H and O–H groups in total. The van der Waals surface area contributed by atoms with E-state index in [4.69, 9.17) is 38.4 Å². The summed E-state index contributed by atoms with van der Waals surface area (Å²) < 4.78 is 1.22. The van der Waals surface area contributed by atoms with E-state index < -0.39 is 11.9 Å². The van der Waals surface area contributed by atoms with Crippen LogP contribution in [0, 0.1) is 0 Å². The number of carboxylic acids is 2. The molecule has 0 amide bonds. The van der Waals surface area contributed by atoms with Crippen LogP contribution >= 0.6 is 34.5 Å². The van der Waals surface area contributed by atoms with Crippen molar-refractivity contribution < 1.29 is 19.8 Å². The summed E-state index contributed by atoms with van der Waals surface area (Å²) in [6.07, 6.45) is 1.12. The summed E-state index contributed by atoms with van der Waals surface area (Å²) in [7, 11) is 0. The van der Waals surface area contributed by atoms with E-state index in [1.54, 1.807) is 11.3 Å². The number of para-hydroxylation sites is 2. The number of hydrogen-bond acceptors (Lipinski definition) is 7. The average Bonchev–Trinajstić information content (AvgIpc) is 3.39. The summed E-state index contributed by atoms with van der Waals surface area (Å²) in [5.74, 6) is -2.51. The standard InChI is InChI=1S/C25H24Cl2N4S.C4H4O4/c26-21-11-10-20(18-22(21)27)30-15-12-29(13-16-30)14-17-31(19-6-2-1-3-7-19)25-28-23-8-4-5-9-24(23)32-25;5-3(6)1-2-4(7)8/h1-11,18H,12-17H2;1-2H,(H,5,6)(H,7,8)/b;2-1+. The summed E-state index contributed by atoms with van der Waals surface area (Å²) in [6, 6.07) is 24.8. The van der Waals surface area contributed by atoms with E-state index in [0.717, 1.165) is 55.6 Å². The molecule has 1 aliphatic rings. The second-order valence-corrected chi connectivity index (χ2v) is 10.7. The number of halogens is 2. The van der Waals surface area contributed by atoms with Crippen LogP contribution in [0.1, 0.15) is 0 Å². The van der Waals surface area contributed by atoms with E-state index in [9.17, 15) is 9.59 Å². The Balaban J connectivity index is 0.000000406. The van der Waals surface area contributed by atoms with Crippen molar-refractivity contribution in [1.29, 1.82) is 0 Å². The first kappa shape index (κ1) is 29.4. The molecular weight excluding hydrogens is 571 g/mol. The van der Waals surface area contributed by atoms with Gasteiger partial charge >= 0.3 is 11.9 Å². The molecule has 1 aliphatic heterocycles. The Labute approximate surface area is 246 Å². The molecule has 1 saturated heterocycles. The Bertz CT molecular complexity index is 1420. The third-order valence-corrected chi connectivity index (χ3v) is 8.03. The van der Waals surface area contributed by atoms with Gasteiger partial charge in [-0.25, -0.2) is 14.6 Å². The van der Waals surface area contributed by atoms with Crippen molar-refractivity contribution in [1.82, 2.24) is 9.88 Å². The lowest BCUT2D eigenvalue weighted by Crippen LogP contribution is -2.48. The van der Waals surface area contributed by atoms with E-state index in [1.807, 2.05) is 24.3 Å². The lowest BCUT2D eigenvalue weighted by atomic mass is 10.2. The van der Waals surface area contributed by atoms with E-state index in [-0.39, 0.29) is 0 Å². The molecule has 8 nitrogen and oxygen atoms in total. The second-order valence-electron chi connectivity index (χ2n) is 8.89. The minimum absolute atomic E-state index is 0.558. The predicted octanol–water partition coefficient (Wildman–Crippen LogP) is 6.28. The molecule has 0 aliphatic carbocycles. The van der Waals surface area contributed by atoms with E-state index in [1.165, 1.54) is 10.4 Å². The second kappa shape index (κ2) is 14.1. The summed E-state index contributed by atoms with van der Waals surface area (Å²) in [5, 5.41) is 17.9. The van der Waals surface area contributed by atoms with Gasteiger partial charge in [-0.2, -0.15) is 0 Å². The number of carboxylic acid groups (broad SMARTS) is 2. The SMILES string of the molecule is Clc1ccc(N2CCN(CCN(c3ccccc3)c3nc4ccccc4s3)CC2)cc1Cl.O=C(O)/C=C/C(=O)O. The van der Waals surface area contributed by atoms with Gasteiger partial charge in [-0.3, -0.25) is 4.90 Å². The Kier molecular flexibility index (Phi) is 10.4. The van der Waals surface area contributed by atoms with Crippen molar-refractivity contribution in [2.45, 2.75) is 0 Å². The molecule has 0 spiro atoms. The summed E-state index contributed by atoms with van der Waals surface area (Å²) in [6.45, 7) is 5.87. The normalized spacial score (nSPS) is 13.7. The summed E-state index contributed by atoms with van der Waals surface area (Å²) in [4.78, 5) is 31.3. The van der Waals surface area contributed by atoms with Crippen LogP contribution in [0.2, 0.25) is 10.0 Å². The van der Waals surface area contributed by atoms with Gasteiger partial charge in [0.1, 0.15) is 0 Å². The third-order valence-electron chi connectivity index (χ3n) is 6.23. The Morgan fingerprint density at radius 2 is 1.52 bits per heavy atom. The van der Waals surface area contributed by atoms with Crippen LogP contribution in [-0.2, 0) is 9.59 Å². The maximum Gasteiger partial charge on any atom is 0.328 e. The van der Waals surface area contributed by atoms with Crippen molar-refractivity contribution in [3.05, 3.63) is 95.0 Å². The van der Waals surface area contributed by atoms with Gasteiger partial charge in [-0.05, 0) is 42.5 Å². The zero-order valence-corrected chi connectivity index (χ0v) is 23.8. The highest BCUT2D eigenvalue weighted by Crippen LogP contribution is 2.33. The van der Waals surface area contributed by atoms with Crippen LogP contribution in [0.15, 0.2) is 84.9 Å². The first-order valence-corrected chi connectivity index (χ1v) is 14.1. The zero-order valence-electron chi connectivity index (χ0n) is 21.5. The van der Waals surface area contributed by atoms with Crippen LogP contribution in [0.25, 0.3) is 10.2 Å². The number of thiazole rings is 1. The number of aliphatic carboxylic acids is 2. The Morgan fingerprint density at radius 1 is 0.875 bits per heavy atom. The minimum Gasteiger partial charge on any atom is -0.478 e. The quantitative estimate of drug-likeness (QED) is 0.229. The largest absolute Gasteiger partial charge is 0.478 e. The van der Waals surface area contributed by atoms with Crippen molar-refractivity contribution in [3.8, 4) is 0 Å². The monoisotopic (exact) mass is 598 g/mol. The Hall–Kier alpha value is -3.63. The minimum atomic E-state index is -1.26. The first-order chi connectivity index (χ1) is 19.3. The number of rotatable bonds is 8. The highest BCUT2D eigenvalue weighted by Gasteiger charge is 2.20. The molecule has 1 aromatic heterocycles. The molecule has 4 aromatic rings. The van der Waals surface area contributed by atoms with Crippen molar-refractivity contribution in [3.63, 3.8) is 0 Å². The van der Waals surface area contributed by atoms with Gasteiger partial charge in [0, 0.05) is 62.8 Å². The molecule has 40 heavy (non-hydrogen) atoms. The molecule has 5 rings (SSSR count). The highest BCUT2D eigenvalue weighted by atomic mass is 35.5. The van der Waals surface area contributed by atoms with Crippen LogP contribution < -0.4 is 9.80 Å². The van der Waals surface area contributed by atoms with E-state index in [2.05, 4.69) is 63.2 Å². The molecule has 2 heterocycles. The lowest BCUT2D eigenvalue weighted by molar-refractivity contribution is -0.134. The number of benzene rings is 3. The maximum atomic E-state index is 9.55. The lowest BCUT2D eigenvalue weighted by Gasteiger charge is -2.37. The summed E-state index contributed by atoms with van der Waals surface area (Å²) >= 11 is 14.0. The van der Waals surface area contributed by atoms with Gasteiger partial charge in [0.15, 0.2) is 5.13 Å². The molecule has 1 fully saturated rings. The van der Waals surface area contributed by atoms with Crippen LogP contribution in [0.3, 0.4) is 0 Å². The Morgan fingerprint density at radius 3 is 2.15 bits per heavy atom. The number of anilines is 3. The molecule has 0 radical (unpaired) electrons. The van der Waals surface area contributed by atoms with Crippen molar-refractivity contribution >= 4 is 73.2 Å². The molecule has 0 atom stereocenters. The fourth-order valence-electron chi connectivity index (χ4n) is 4.21. The number of hydrogen-bond donors (Lipinski definition) is 2. The number of aromatic nitrogens is 1. The van der Waals surface area contributed by atoms with Crippen LogP contribution in [0.5, 0.6) is 0 Å². The molecule has 0 unspecified atom stereocenters. The number of nitrogens with zero attached hydrogens (tertiary/aromatic N) is 4. The number of fused-ring (bicyclic) bond motifs is 1. The predicted molar refractivity (Wildman–Crippen MR) is 163 cm³/mol. The number of carbonyl (C=O) groups is 2. The van der Waals surface area contributed by atoms with Crippen LogP contribution in [-0.4, -0.2) is 71.3 Å². The van der Waals surface area contributed by atoms with E-state index in [0.29, 0.717) is 22.2 Å². The smallest absolute Gasteiger partial charge is 0.328 e. The van der Waals surface area contributed by atoms with Gasteiger partial charge in [-0.1, -0.05) is 64.9 Å². The van der Waals surface area contributed by atoms with Gasteiger partial charge in [0.2, 0.25) is 0 Å². The van der Waals surface area contributed by atoms with Crippen molar-refractivity contribution in [2.75, 3.05) is 49.1 Å². The van der Waals surface area contributed by atoms with Gasteiger partial charge < -0.3 is 20.0 Å². The van der Waals surface area contributed by atoms with E-state index >= 15 is 0 Å². The maximum absolute atomic E-state index is 9.55. The topological polar surface area (TPSA) is 97.2 Å². The molecule has 11 heteroatoms. The summed E-state index contributed by atoms with van der Waals surface area (Å²) in [5.41, 5.74) is 3.38. The third kappa shape index (κ3) is 8.19. The molecule has 0 saturated carbocycles. The molecular formula is C29H28Cl2N4O4S. The van der Waals surface area contributed by atoms with Gasteiger partial charge in [0.05, 0.1) is 20.3 Å². The van der Waals surface area contributed by atoms with Gasteiger partial charge in [-0.15, -0.1) is 0 Å². The molecule has 3 aromatic carbocycles. The first-order valence-electron chi connectivity index (χ1n) is 12.5.